The second-order valence-corrected chi connectivity index (χ2v) is 6.03. The summed E-state index contributed by atoms with van der Waals surface area (Å²) in [6, 6.07) is 11.0. The molecule has 0 bridgehead atoms. The predicted molar refractivity (Wildman–Crippen MR) is 94.9 cm³/mol. The van der Waals surface area contributed by atoms with Crippen molar-refractivity contribution in [3.8, 4) is 0 Å². The number of hydrogen-bond acceptors (Lipinski definition) is 4. The highest BCUT2D eigenvalue weighted by atomic mass is 19.1. The van der Waals surface area contributed by atoms with Crippen LogP contribution in [0.15, 0.2) is 42.5 Å². The van der Waals surface area contributed by atoms with Gasteiger partial charge in [0.25, 0.3) is 5.91 Å². The average molecular weight is 328 g/mol. The van der Waals surface area contributed by atoms with Gasteiger partial charge in [0.15, 0.2) is 0 Å². The maximum atomic E-state index is 13.0. The lowest BCUT2D eigenvalue weighted by molar-refractivity contribution is 0.102. The maximum Gasteiger partial charge on any atom is 0.255 e. The third kappa shape index (κ3) is 3.65. The molecule has 6 heteroatoms. The molecule has 2 aromatic rings. The Labute approximate surface area is 140 Å². The van der Waals surface area contributed by atoms with Crippen LogP contribution in [0.2, 0.25) is 0 Å². The molecule has 0 radical (unpaired) electrons. The van der Waals surface area contributed by atoms with Gasteiger partial charge in [0.05, 0.1) is 11.4 Å². The lowest BCUT2D eigenvalue weighted by Gasteiger charge is -2.35. The largest absolute Gasteiger partial charge is 0.399 e. The molecule has 0 aromatic heterocycles. The van der Waals surface area contributed by atoms with Gasteiger partial charge in [-0.2, -0.15) is 0 Å². The summed E-state index contributed by atoms with van der Waals surface area (Å²) < 4.78 is 13.0. The summed E-state index contributed by atoms with van der Waals surface area (Å²) >= 11 is 0. The van der Waals surface area contributed by atoms with Crippen molar-refractivity contribution in [2.45, 2.75) is 0 Å². The molecule has 24 heavy (non-hydrogen) atoms. The van der Waals surface area contributed by atoms with E-state index in [4.69, 9.17) is 5.73 Å². The number of piperazine rings is 1. The van der Waals surface area contributed by atoms with Gasteiger partial charge in [-0.1, -0.05) is 0 Å². The van der Waals surface area contributed by atoms with E-state index in [-0.39, 0.29) is 11.7 Å². The van der Waals surface area contributed by atoms with Crippen molar-refractivity contribution >= 4 is 23.0 Å². The Balaban J connectivity index is 1.82. The molecular weight excluding hydrogens is 307 g/mol. The zero-order chi connectivity index (χ0) is 17.1. The van der Waals surface area contributed by atoms with Crippen LogP contribution in [-0.4, -0.2) is 44.0 Å². The first-order chi connectivity index (χ1) is 11.5. The van der Waals surface area contributed by atoms with E-state index in [9.17, 15) is 9.18 Å². The summed E-state index contributed by atoms with van der Waals surface area (Å²) in [7, 11) is 2.09. The average Bonchev–Trinajstić information content (AvgIpc) is 2.57. The van der Waals surface area contributed by atoms with Crippen molar-refractivity contribution in [2.75, 3.05) is 49.2 Å². The maximum absolute atomic E-state index is 13.0. The molecular formula is C18H21FN4O. The minimum Gasteiger partial charge on any atom is -0.399 e. The molecule has 3 N–H and O–H groups in total. The van der Waals surface area contributed by atoms with Gasteiger partial charge in [0.2, 0.25) is 0 Å². The van der Waals surface area contributed by atoms with E-state index in [2.05, 4.69) is 22.2 Å². The fraction of sp³-hybridized carbons (Fsp3) is 0.278. The lowest BCUT2D eigenvalue weighted by atomic mass is 10.1. The Morgan fingerprint density at radius 3 is 2.42 bits per heavy atom. The van der Waals surface area contributed by atoms with Crippen molar-refractivity contribution in [1.82, 2.24) is 4.90 Å². The number of carbonyl (C=O) groups excluding carboxylic acids is 1. The first-order valence-electron chi connectivity index (χ1n) is 7.93. The SMILES string of the molecule is CN1CCN(c2ccc(N)cc2NC(=O)c2ccc(F)cc2)CC1. The van der Waals surface area contributed by atoms with Crippen LogP contribution >= 0.6 is 0 Å². The van der Waals surface area contributed by atoms with Crippen molar-refractivity contribution < 1.29 is 9.18 Å². The van der Waals surface area contributed by atoms with Crippen LogP contribution in [0.3, 0.4) is 0 Å². The summed E-state index contributed by atoms with van der Waals surface area (Å²) in [5.74, 6) is -0.649. The fourth-order valence-electron chi connectivity index (χ4n) is 2.77. The van der Waals surface area contributed by atoms with E-state index < -0.39 is 0 Å². The summed E-state index contributed by atoms with van der Waals surface area (Å²) in [6.07, 6.45) is 0. The fourth-order valence-corrected chi connectivity index (χ4v) is 2.77. The molecule has 0 unspecified atom stereocenters. The van der Waals surface area contributed by atoms with Crippen LogP contribution in [-0.2, 0) is 0 Å². The number of benzene rings is 2. The highest BCUT2D eigenvalue weighted by Crippen LogP contribution is 2.29. The number of nitrogens with one attached hydrogen (secondary N) is 1. The number of nitrogens with two attached hydrogens (primary N) is 1. The van der Waals surface area contributed by atoms with Gasteiger partial charge >= 0.3 is 0 Å². The number of hydrogen-bond donors (Lipinski definition) is 2. The third-order valence-electron chi connectivity index (χ3n) is 4.22. The Bertz CT molecular complexity index is 724. The van der Waals surface area contributed by atoms with Crippen molar-refractivity contribution in [3.63, 3.8) is 0 Å². The van der Waals surface area contributed by atoms with Gasteiger partial charge in [-0.3, -0.25) is 4.79 Å². The third-order valence-corrected chi connectivity index (χ3v) is 4.22. The smallest absolute Gasteiger partial charge is 0.255 e. The predicted octanol–water partition coefficient (Wildman–Crippen LogP) is 2.41. The Morgan fingerprint density at radius 1 is 1.08 bits per heavy atom. The molecule has 1 aliphatic rings. The number of likely N-dealkylation sites (N-methyl/N-ethyl adjacent to an activating group) is 1. The molecule has 0 saturated carbocycles. The van der Waals surface area contributed by atoms with E-state index in [0.717, 1.165) is 31.9 Å². The van der Waals surface area contributed by atoms with Gasteiger partial charge in [-0.15, -0.1) is 0 Å². The van der Waals surface area contributed by atoms with Crippen molar-refractivity contribution in [1.29, 1.82) is 0 Å². The number of rotatable bonds is 3. The topological polar surface area (TPSA) is 61.6 Å². The first kappa shape index (κ1) is 16.3. The van der Waals surface area contributed by atoms with Crippen LogP contribution in [0.5, 0.6) is 0 Å². The minimum atomic E-state index is -0.367. The lowest BCUT2D eigenvalue weighted by Crippen LogP contribution is -2.44. The summed E-state index contributed by atoms with van der Waals surface area (Å²) in [5, 5.41) is 2.90. The molecule has 0 aliphatic carbocycles. The molecule has 126 valence electrons. The molecule has 1 saturated heterocycles. The second-order valence-electron chi connectivity index (χ2n) is 6.03. The number of halogens is 1. The molecule has 1 amide bonds. The van der Waals surface area contributed by atoms with E-state index >= 15 is 0 Å². The van der Waals surface area contributed by atoms with Crippen molar-refractivity contribution in [3.05, 3.63) is 53.8 Å². The molecule has 3 rings (SSSR count). The van der Waals surface area contributed by atoms with E-state index in [0.29, 0.717) is 16.9 Å². The Morgan fingerprint density at radius 2 is 1.75 bits per heavy atom. The molecule has 1 fully saturated rings. The van der Waals surface area contributed by atoms with E-state index in [1.165, 1.54) is 24.3 Å². The molecule has 2 aromatic carbocycles. The minimum absolute atomic E-state index is 0.282. The molecule has 0 atom stereocenters. The normalized spacial score (nSPS) is 15.3. The van der Waals surface area contributed by atoms with Gasteiger partial charge in [0, 0.05) is 37.4 Å². The molecule has 1 heterocycles. The van der Waals surface area contributed by atoms with Gasteiger partial charge < -0.3 is 20.9 Å². The summed E-state index contributed by atoms with van der Waals surface area (Å²) in [5.41, 5.74) is 8.50. The van der Waals surface area contributed by atoms with E-state index in [1.807, 2.05) is 12.1 Å². The monoisotopic (exact) mass is 328 g/mol. The standard InChI is InChI=1S/C18H21FN4O/c1-22-8-10-23(11-9-22)17-7-6-15(20)12-16(17)21-18(24)13-2-4-14(19)5-3-13/h2-7,12H,8-11,20H2,1H3,(H,21,24). The highest BCUT2D eigenvalue weighted by molar-refractivity contribution is 6.06. The molecule has 1 aliphatic heterocycles. The Kier molecular flexibility index (Phi) is 4.66. The summed E-state index contributed by atoms with van der Waals surface area (Å²) in [4.78, 5) is 16.9. The molecule has 0 spiro atoms. The van der Waals surface area contributed by atoms with Gasteiger partial charge in [0.1, 0.15) is 5.82 Å². The number of nitrogens with zero attached hydrogens (tertiary/aromatic N) is 2. The molecule has 5 nitrogen and oxygen atoms in total. The first-order valence-corrected chi connectivity index (χ1v) is 7.93. The van der Waals surface area contributed by atoms with Crippen LogP contribution < -0.4 is 16.0 Å². The number of nitrogen functional groups attached to an aromatic ring is 1. The van der Waals surface area contributed by atoms with Crippen LogP contribution in [0.1, 0.15) is 10.4 Å². The summed E-state index contributed by atoms with van der Waals surface area (Å²) in [6.45, 7) is 3.71. The van der Waals surface area contributed by atoms with Crippen LogP contribution in [0.25, 0.3) is 0 Å². The zero-order valence-corrected chi connectivity index (χ0v) is 13.6. The zero-order valence-electron chi connectivity index (χ0n) is 13.6. The van der Waals surface area contributed by atoms with Crippen LogP contribution in [0.4, 0.5) is 21.5 Å². The van der Waals surface area contributed by atoms with Crippen molar-refractivity contribution in [2.24, 2.45) is 0 Å². The van der Waals surface area contributed by atoms with Gasteiger partial charge in [-0.25, -0.2) is 4.39 Å². The number of amides is 1. The van der Waals surface area contributed by atoms with Gasteiger partial charge in [-0.05, 0) is 49.5 Å². The number of carbonyl (C=O) groups is 1. The highest BCUT2D eigenvalue weighted by Gasteiger charge is 2.18. The Hall–Kier alpha value is -2.60. The van der Waals surface area contributed by atoms with E-state index in [1.54, 1.807) is 6.07 Å². The van der Waals surface area contributed by atoms with Crippen LogP contribution in [0, 0.1) is 5.82 Å². The number of anilines is 3. The second kappa shape index (κ2) is 6.88. The quantitative estimate of drug-likeness (QED) is 0.850.